The molecule has 30 heavy (non-hydrogen) atoms. The van der Waals surface area contributed by atoms with Gasteiger partial charge in [0.1, 0.15) is 17.5 Å². The molecule has 152 valence electrons. The number of aromatic nitrogens is 4. The smallest absolute Gasteiger partial charge is 0.277 e. The van der Waals surface area contributed by atoms with Crippen molar-refractivity contribution < 1.29 is 13.6 Å². The topological polar surface area (TPSA) is 81.8 Å². The molecule has 7 nitrogen and oxygen atoms in total. The summed E-state index contributed by atoms with van der Waals surface area (Å²) >= 11 is 0. The van der Waals surface area contributed by atoms with Crippen LogP contribution in [0.5, 0.6) is 0 Å². The van der Waals surface area contributed by atoms with E-state index in [1.807, 2.05) is 0 Å². The van der Waals surface area contributed by atoms with Gasteiger partial charge in [-0.25, -0.2) is 18.1 Å². The Bertz CT molecular complexity index is 1340. The van der Waals surface area contributed by atoms with Crippen molar-refractivity contribution >= 4 is 22.5 Å². The Kier molecular flexibility index (Phi) is 4.86. The molecule has 0 aliphatic carbocycles. The monoisotopic (exact) mass is 409 g/mol. The van der Waals surface area contributed by atoms with Gasteiger partial charge in [0.25, 0.3) is 11.5 Å². The van der Waals surface area contributed by atoms with Gasteiger partial charge in [0.05, 0.1) is 18.1 Å². The number of carbonyl (C=O) groups excluding carboxylic acids is 1. The summed E-state index contributed by atoms with van der Waals surface area (Å²) < 4.78 is 30.0. The second-order valence-electron chi connectivity index (χ2n) is 6.85. The van der Waals surface area contributed by atoms with Gasteiger partial charge in [-0.2, -0.15) is 10.2 Å². The van der Waals surface area contributed by atoms with E-state index in [2.05, 4.69) is 15.5 Å². The first kappa shape index (κ1) is 19.4. The largest absolute Gasteiger partial charge is 0.305 e. The highest BCUT2D eigenvalue weighted by Crippen LogP contribution is 2.20. The van der Waals surface area contributed by atoms with Gasteiger partial charge >= 0.3 is 0 Å². The number of rotatable bonds is 4. The van der Waals surface area contributed by atoms with E-state index in [0.29, 0.717) is 22.2 Å². The lowest BCUT2D eigenvalue weighted by Crippen LogP contribution is -2.26. The first-order chi connectivity index (χ1) is 14.3. The lowest BCUT2D eigenvalue weighted by molar-refractivity contribution is 0.102. The molecule has 0 saturated carbocycles. The van der Waals surface area contributed by atoms with E-state index in [-0.39, 0.29) is 23.4 Å². The first-order valence-electron chi connectivity index (χ1n) is 9.09. The second kappa shape index (κ2) is 7.51. The molecule has 4 aromatic rings. The molecule has 0 spiro atoms. The first-order valence-corrected chi connectivity index (χ1v) is 9.09. The quantitative estimate of drug-likeness (QED) is 0.562. The molecule has 2 heterocycles. The summed E-state index contributed by atoms with van der Waals surface area (Å²) in [6.07, 6.45) is 1.51. The maximum Gasteiger partial charge on any atom is 0.277 e. The molecule has 0 unspecified atom stereocenters. The van der Waals surface area contributed by atoms with Gasteiger partial charge in [-0.3, -0.25) is 9.59 Å². The minimum atomic E-state index is -0.576. The summed E-state index contributed by atoms with van der Waals surface area (Å²) in [6, 6.07) is 9.84. The standard InChI is InChI=1S/C21H17F2N5O2/c1-12-10-24-28(11-13-9-14(22)7-8-17(13)23)19(12)25-20(29)18-15-5-3-4-6-16(15)21(30)27(2)26-18/h3-10H,11H2,1-2H3,(H,25,29). The highest BCUT2D eigenvalue weighted by atomic mass is 19.1. The molecule has 0 saturated heterocycles. The van der Waals surface area contributed by atoms with Crippen LogP contribution in [0.4, 0.5) is 14.6 Å². The van der Waals surface area contributed by atoms with Crippen LogP contribution in [0.3, 0.4) is 0 Å². The Balaban J connectivity index is 1.71. The van der Waals surface area contributed by atoms with Crippen LogP contribution in [-0.2, 0) is 13.6 Å². The third-order valence-electron chi connectivity index (χ3n) is 4.75. The summed E-state index contributed by atoms with van der Waals surface area (Å²) in [5.41, 5.74) is 0.482. The zero-order valence-corrected chi connectivity index (χ0v) is 16.2. The van der Waals surface area contributed by atoms with Crippen LogP contribution in [0, 0.1) is 18.6 Å². The highest BCUT2D eigenvalue weighted by Gasteiger charge is 2.19. The Morgan fingerprint density at radius 1 is 1.13 bits per heavy atom. The van der Waals surface area contributed by atoms with E-state index in [1.54, 1.807) is 31.2 Å². The fraction of sp³-hybridized carbons (Fsp3) is 0.143. The number of nitrogens with one attached hydrogen (secondary N) is 1. The van der Waals surface area contributed by atoms with Crippen LogP contribution in [0.25, 0.3) is 10.8 Å². The Morgan fingerprint density at radius 2 is 1.87 bits per heavy atom. The Labute approximate surface area is 169 Å². The third-order valence-corrected chi connectivity index (χ3v) is 4.75. The van der Waals surface area contributed by atoms with Crippen LogP contribution < -0.4 is 10.9 Å². The maximum atomic E-state index is 14.0. The summed E-state index contributed by atoms with van der Waals surface area (Å²) in [4.78, 5) is 25.3. The van der Waals surface area contributed by atoms with Crippen LogP contribution in [0.15, 0.2) is 53.5 Å². The summed E-state index contributed by atoms with van der Waals surface area (Å²) in [5, 5.41) is 11.8. The van der Waals surface area contributed by atoms with Crippen LogP contribution in [-0.4, -0.2) is 25.5 Å². The fourth-order valence-corrected chi connectivity index (χ4v) is 3.22. The van der Waals surface area contributed by atoms with Gasteiger partial charge < -0.3 is 5.32 Å². The predicted molar refractivity (Wildman–Crippen MR) is 107 cm³/mol. The Morgan fingerprint density at radius 3 is 2.63 bits per heavy atom. The molecule has 0 bridgehead atoms. The average Bonchev–Trinajstić information content (AvgIpc) is 3.07. The van der Waals surface area contributed by atoms with E-state index in [1.165, 1.54) is 17.9 Å². The normalized spacial score (nSPS) is 11.1. The van der Waals surface area contributed by atoms with Crippen LogP contribution in [0.1, 0.15) is 21.6 Å². The number of hydrogen-bond donors (Lipinski definition) is 1. The fourth-order valence-electron chi connectivity index (χ4n) is 3.22. The van der Waals surface area contributed by atoms with E-state index in [4.69, 9.17) is 0 Å². The number of fused-ring (bicyclic) bond motifs is 1. The molecular formula is C21H17F2N5O2. The molecule has 0 radical (unpaired) electrons. The number of nitrogens with zero attached hydrogens (tertiary/aromatic N) is 4. The SMILES string of the molecule is Cc1cnn(Cc2cc(F)ccc2F)c1NC(=O)c1nn(C)c(=O)c2ccccc12. The maximum absolute atomic E-state index is 14.0. The predicted octanol–water partition coefficient (Wildman–Crippen LogP) is 3.02. The van der Waals surface area contributed by atoms with Gasteiger partial charge in [-0.15, -0.1) is 0 Å². The van der Waals surface area contributed by atoms with Gasteiger partial charge in [0, 0.05) is 23.6 Å². The molecule has 4 rings (SSSR count). The van der Waals surface area contributed by atoms with Gasteiger partial charge in [-0.05, 0) is 31.2 Å². The van der Waals surface area contributed by atoms with E-state index < -0.39 is 17.5 Å². The summed E-state index contributed by atoms with van der Waals surface area (Å²) in [6.45, 7) is 1.65. The van der Waals surface area contributed by atoms with Crippen molar-refractivity contribution in [2.75, 3.05) is 5.32 Å². The molecule has 1 N–H and O–H groups in total. The molecule has 2 aromatic carbocycles. The van der Waals surface area contributed by atoms with E-state index >= 15 is 0 Å². The van der Waals surface area contributed by atoms with Crippen molar-refractivity contribution in [2.45, 2.75) is 13.5 Å². The molecule has 1 amide bonds. The van der Waals surface area contributed by atoms with Crippen molar-refractivity contribution in [3.63, 3.8) is 0 Å². The number of halogens is 2. The zero-order valence-electron chi connectivity index (χ0n) is 16.2. The minimum Gasteiger partial charge on any atom is -0.305 e. The number of anilines is 1. The lowest BCUT2D eigenvalue weighted by Gasteiger charge is -2.12. The van der Waals surface area contributed by atoms with Crippen molar-refractivity contribution in [1.29, 1.82) is 0 Å². The lowest BCUT2D eigenvalue weighted by atomic mass is 10.1. The zero-order chi connectivity index (χ0) is 21.4. The summed E-state index contributed by atoms with van der Waals surface area (Å²) in [5.74, 6) is -1.37. The number of benzene rings is 2. The minimum absolute atomic E-state index is 0.0665. The number of hydrogen-bond acceptors (Lipinski definition) is 4. The van der Waals surface area contributed by atoms with Crippen molar-refractivity contribution in [1.82, 2.24) is 19.6 Å². The molecule has 0 fully saturated rings. The average molecular weight is 409 g/mol. The number of aryl methyl sites for hydroxylation is 2. The van der Waals surface area contributed by atoms with Gasteiger partial charge in [0.2, 0.25) is 0 Å². The second-order valence-corrected chi connectivity index (χ2v) is 6.85. The summed E-state index contributed by atoms with van der Waals surface area (Å²) in [7, 11) is 1.47. The highest BCUT2D eigenvalue weighted by molar-refractivity contribution is 6.11. The Hall–Kier alpha value is -3.88. The van der Waals surface area contributed by atoms with Crippen molar-refractivity contribution in [3.8, 4) is 0 Å². The van der Waals surface area contributed by atoms with Crippen molar-refractivity contribution in [3.05, 3.63) is 87.5 Å². The number of amides is 1. The van der Waals surface area contributed by atoms with Gasteiger partial charge in [-0.1, -0.05) is 18.2 Å². The molecule has 0 atom stereocenters. The van der Waals surface area contributed by atoms with E-state index in [0.717, 1.165) is 22.9 Å². The van der Waals surface area contributed by atoms with E-state index in [9.17, 15) is 18.4 Å². The third kappa shape index (κ3) is 3.45. The van der Waals surface area contributed by atoms with Crippen LogP contribution in [0.2, 0.25) is 0 Å². The van der Waals surface area contributed by atoms with Gasteiger partial charge in [0.15, 0.2) is 5.69 Å². The molecule has 2 aromatic heterocycles. The van der Waals surface area contributed by atoms with Crippen molar-refractivity contribution in [2.24, 2.45) is 7.05 Å². The molecular weight excluding hydrogens is 392 g/mol. The molecule has 9 heteroatoms. The molecule has 0 aliphatic rings. The molecule has 0 aliphatic heterocycles. The number of carbonyl (C=O) groups is 1. The van der Waals surface area contributed by atoms with Crippen LogP contribution >= 0.6 is 0 Å².